The highest BCUT2D eigenvalue weighted by atomic mass is 16.5. The molecule has 9 heteroatoms. The first-order chi connectivity index (χ1) is 19.4. The van der Waals surface area contributed by atoms with Gasteiger partial charge in [-0.2, -0.15) is 5.26 Å². The van der Waals surface area contributed by atoms with Crippen LogP contribution in [0.4, 0.5) is 5.69 Å². The van der Waals surface area contributed by atoms with Gasteiger partial charge in [0.25, 0.3) is 5.91 Å². The van der Waals surface area contributed by atoms with Crippen LogP contribution in [0.1, 0.15) is 49.0 Å². The Morgan fingerprint density at radius 1 is 1.15 bits per heavy atom. The second kappa shape index (κ2) is 11.8. The average molecular weight is 542 g/mol. The van der Waals surface area contributed by atoms with Gasteiger partial charge in [0, 0.05) is 30.2 Å². The molecule has 1 aliphatic carbocycles. The molecule has 0 bridgehead atoms. The second-order valence-corrected chi connectivity index (χ2v) is 10.8. The highest BCUT2D eigenvalue weighted by Crippen LogP contribution is 2.33. The summed E-state index contributed by atoms with van der Waals surface area (Å²) in [5.74, 6) is -0.331. The van der Waals surface area contributed by atoms with Crippen molar-refractivity contribution in [2.75, 3.05) is 26.0 Å². The molecule has 9 nitrogen and oxygen atoms in total. The number of benzene rings is 2. The summed E-state index contributed by atoms with van der Waals surface area (Å²) in [6, 6.07) is 17.2. The van der Waals surface area contributed by atoms with Gasteiger partial charge in [0.15, 0.2) is 0 Å². The Balaban J connectivity index is 1.37. The van der Waals surface area contributed by atoms with Crippen molar-refractivity contribution < 1.29 is 19.1 Å². The summed E-state index contributed by atoms with van der Waals surface area (Å²) in [7, 11) is 3.24. The van der Waals surface area contributed by atoms with E-state index in [1.807, 2.05) is 36.4 Å². The third-order valence-electron chi connectivity index (χ3n) is 8.32. The number of H-pyrrole nitrogens is 1. The normalized spacial score (nSPS) is 19.8. The van der Waals surface area contributed by atoms with E-state index in [9.17, 15) is 19.6 Å². The van der Waals surface area contributed by atoms with E-state index in [4.69, 9.17) is 4.74 Å². The summed E-state index contributed by atoms with van der Waals surface area (Å²) in [6.07, 6.45) is 5.03. The molecular weight excluding hydrogens is 506 g/mol. The Hall–Kier alpha value is -4.32. The number of carbonyl (C=O) groups is 3. The van der Waals surface area contributed by atoms with E-state index in [1.54, 1.807) is 32.4 Å². The minimum atomic E-state index is -0.740. The molecule has 208 valence electrons. The quantitative estimate of drug-likeness (QED) is 0.433. The number of amides is 3. The van der Waals surface area contributed by atoms with Crippen LogP contribution < -0.4 is 10.1 Å². The number of nitrogens with zero attached hydrogens (tertiary/aromatic N) is 3. The number of aromatic nitrogens is 1. The molecule has 3 aromatic rings. The lowest BCUT2D eigenvalue weighted by Crippen LogP contribution is -2.51. The molecule has 0 spiro atoms. The lowest BCUT2D eigenvalue weighted by atomic mass is 9.96. The predicted molar refractivity (Wildman–Crippen MR) is 152 cm³/mol. The van der Waals surface area contributed by atoms with E-state index >= 15 is 0 Å². The van der Waals surface area contributed by atoms with Gasteiger partial charge in [-0.05, 0) is 49.1 Å². The van der Waals surface area contributed by atoms with Crippen LogP contribution in [0.5, 0.6) is 5.75 Å². The summed E-state index contributed by atoms with van der Waals surface area (Å²) < 4.78 is 5.44. The van der Waals surface area contributed by atoms with Crippen LogP contribution in [-0.4, -0.2) is 65.3 Å². The van der Waals surface area contributed by atoms with Crippen LogP contribution >= 0.6 is 0 Å². The van der Waals surface area contributed by atoms with Gasteiger partial charge in [0.1, 0.15) is 23.5 Å². The summed E-state index contributed by atoms with van der Waals surface area (Å²) in [5.41, 5.74) is 1.81. The van der Waals surface area contributed by atoms with Gasteiger partial charge in [-0.1, -0.05) is 49.9 Å². The number of nitriles is 1. The van der Waals surface area contributed by atoms with Crippen LogP contribution in [0.2, 0.25) is 0 Å². The molecule has 1 aromatic heterocycles. The van der Waals surface area contributed by atoms with Crippen LogP contribution in [0.25, 0.3) is 10.9 Å². The van der Waals surface area contributed by atoms with Gasteiger partial charge in [-0.15, -0.1) is 0 Å². The van der Waals surface area contributed by atoms with Crippen molar-refractivity contribution in [2.24, 2.45) is 11.8 Å². The summed E-state index contributed by atoms with van der Waals surface area (Å²) in [6.45, 7) is 0.141. The van der Waals surface area contributed by atoms with Crippen LogP contribution in [0.3, 0.4) is 0 Å². The number of methoxy groups -OCH3 is 1. The number of para-hydroxylation sites is 1. The monoisotopic (exact) mass is 541 g/mol. The number of hydrogen-bond donors (Lipinski definition) is 2. The number of aromatic amines is 1. The molecular formula is C31H35N5O4. The Kier molecular flexibility index (Phi) is 8.06. The number of carbonyl (C=O) groups excluding carboxylic acids is 3. The molecule has 5 rings (SSSR count). The topological polar surface area (TPSA) is 119 Å². The second-order valence-electron chi connectivity index (χ2n) is 10.8. The number of anilines is 1. The third kappa shape index (κ3) is 5.53. The van der Waals surface area contributed by atoms with E-state index in [0.29, 0.717) is 29.5 Å². The Morgan fingerprint density at radius 3 is 2.60 bits per heavy atom. The molecule has 1 aliphatic heterocycles. The lowest BCUT2D eigenvalue weighted by molar-refractivity contribution is -0.136. The SMILES string of the molecule is COc1cccc2[nH]c(C(=O)N(C)C(CC3CCCC3)C(=O)N3CC(C(=O)Nc4ccccc4)CC3C#N)cc12. The van der Waals surface area contributed by atoms with Gasteiger partial charge in [-0.25, -0.2) is 0 Å². The molecule has 3 unspecified atom stereocenters. The van der Waals surface area contributed by atoms with Crippen molar-refractivity contribution in [3.05, 3.63) is 60.3 Å². The van der Waals surface area contributed by atoms with Crippen molar-refractivity contribution in [3.8, 4) is 11.8 Å². The van der Waals surface area contributed by atoms with E-state index in [2.05, 4.69) is 16.4 Å². The highest BCUT2D eigenvalue weighted by Gasteiger charge is 2.43. The zero-order valence-electron chi connectivity index (χ0n) is 22.9. The van der Waals surface area contributed by atoms with E-state index in [1.165, 1.54) is 9.80 Å². The van der Waals surface area contributed by atoms with E-state index in [0.717, 1.165) is 36.6 Å². The van der Waals surface area contributed by atoms with Crippen molar-refractivity contribution in [1.82, 2.24) is 14.8 Å². The zero-order valence-corrected chi connectivity index (χ0v) is 22.9. The summed E-state index contributed by atoms with van der Waals surface area (Å²) in [5, 5.41) is 13.6. The fourth-order valence-corrected chi connectivity index (χ4v) is 6.09. The lowest BCUT2D eigenvalue weighted by Gasteiger charge is -2.33. The number of ether oxygens (including phenoxy) is 1. The molecule has 2 aliphatic rings. The first-order valence-corrected chi connectivity index (χ1v) is 13.9. The fraction of sp³-hybridized carbons (Fsp3) is 0.419. The van der Waals surface area contributed by atoms with E-state index in [-0.39, 0.29) is 30.7 Å². The minimum Gasteiger partial charge on any atom is -0.496 e. The smallest absolute Gasteiger partial charge is 0.270 e. The van der Waals surface area contributed by atoms with Gasteiger partial charge >= 0.3 is 0 Å². The minimum absolute atomic E-state index is 0.141. The summed E-state index contributed by atoms with van der Waals surface area (Å²) >= 11 is 0. The number of likely N-dealkylation sites (N-methyl/N-ethyl adjacent to an activating group) is 1. The number of hydrogen-bond acceptors (Lipinski definition) is 5. The van der Waals surface area contributed by atoms with Crippen molar-refractivity contribution in [2.45, 2.75) is 50.6 Å². The first kappa shape index (κ1) is 27.3. The molecule has 2 fully saturated rings. The van der Waals surface area contributed by atoms with Crippen molar-refractivity contribution in [1.29, 1.82) is 5.26 Å². The molecule has 2 heterocycles. The molecule has 1 saturated heterocycles. The molecule has 3 amide bonds. The van der Waals surface area contributed by atoms with Gasteiger partial charge < -0.3 is 24.8 Å². The van der Waals surface area contributed by atoms with Crippen molar-refractivity contribution >= 4 is 34.3 Å². The van der Waals surface area contributed by atoms with Gasteiger partial charge in [0.2, 0.25) is 11.8 Å². The molecule has 40 heavy (non-hydrogen) atoms. The molecule has 0 radical (unpaired) electrons. The fourth-order valence-electron chi connectivity index (χ4n) is 6.09. The maximum absolute atomic E-state index is 14.1. The Bertz CT molecular complexity index is 1420. The zero-order chi connectivity index (χ0) is 28.2. The van der Waals surface area contributed by atoms with Crippen LogP contribution in [0, 0.1) is 23.2 Å². The number of rotatable bonds is 8. The average Bonchev–Trinajstić information content (AvgIpc) is 3.74. The number of likely N-dealkylation sites (tertiary alicyclic amines) is 1. The molecule has 3 atom stereocenters. The Morgan fingerprint density at radius 2 is 1.90 bits per heavy atom. The van der Waals surface area contributed by atoms with Gasteiger partial charge in [-0.3, -0.25) is 14.4 Å². The first-order valence-electron chi connectivity index (χ1n) is 13.9. The molecule has 2 N–H and O–H groups in total. The highest BCUT2D eigenvalue weighted by molar-refractivity contribution is 6.01. The van der Waals surface area contributed by atoms with Crippen LogP contribution in [-0.2, 0) is 9.59 Å². The third-order valence-corrected chi connectivity index (χ3v) is 8.32. The maximum atomic E-state index is 14.1. The Labute approximate surface area is 234 Å². The molecule has 2 aromatic carbocycles. The maximum Gasteiger partial charge on any atom is 0.270 e. The number of fused-ring (bicyclic) bond motifs is 1. The van der Waals surface area contributed by atoms with E-state index < -0.39 is 18.0 Å². The summed E-state index contributed by atoms with van der Waals surface area (Å²) in [4.78, 5) is 47.0. The predicted octanol–water partition coefficient (Wildman–Crippen LogP) is 4.58. The van der Waals surface area contributed by atoms with Crippen molar-refractivity contribution in [3.63, 3.8) is 0 Å². The largest absolute Gasteiger partial charge is 0.496 e. The standard InChI is InChI=1S/C31H35N5O4/c1-35(30(38)26-17-24-25(34-26)13-8-14-28(24)40-2)27(15-20-9-6-7-10-20)31(39)36-19-21(16-23(36)18-32)29(37)33-22-11-4-3-5-12-22/h3-5,8,11-14,17,20-21,23,27,34H,6-7,9-10,15-16,19H2,1-2H3,(H,33,37). The van der Waals surface area contributed by atoms with Crippen LogP contribution in [0.15, 0.2) is 54.6 Å². The number of nitrogens with one attached hydrogen (secondary N) is 2. The molecule has 1 saturated carbocycles. The van der Waals surface area contributed by atoms with Gasteiger partial charge in [0.05, 0.1) is 19.1 Å².